The zero-order chi connectivity index (χ0) is 21.3. The molecule has 0 aliphatic carbocycles. The summed E-state index contributed by atoms with van der Waals surface area (Å²) in [5.41, 5.74) is 1.73. The monoisotopic (exact) mass is 428 g/mol. The number of esters is 2. The van der Waals surface area contributed by atoms with Crippen LogP contribution in [-0.4, -0.2) is 45.8 Å². The lowest BCUT2D eigenvalue weighted by atomic mass is 10.1. The van der Waals surface area contributed by atoms with Crippen molar-refractivity contribution < 1.29 is 23.9 Å². The Labute approximate surface area is 176 Å². The molecule has 30 heavy (non-hydrogen) atoms. The summed E-state index contributed by atoms with van der Waals surface area (Å²) in [6.07, 6.45) is 3.54. The van der Waals surface area contributed by atoms with E-state index in [4.69, 9.17) is 9.47 Å². The molecule has 10 heteroatoms. The molecule has 0 aliphatic heterocycles. The van der Waals surface area contributed by atoms with Gasteiger partial charge in [-0.05, 0) is 30.7 Å². The minimum absolute atomic E-state index is 0.0318. The van der Waals surface area contributed by atoms with E-state index in [1.54, 1.807) is 41.4 Å². The number of hydrogen-bond acceptors (Lipinski definition) is 8. The first kappa shape index (κ1) is 21.2. The molecule has 1 aromatic carbocycles. The third kappa shape index (κ3) is 6.24. The zero-order valence-electron chi connectivity index (χ0n) is 16.2. The lowest BCUT2D eigenvalue weighted by Crippen LogP contribution is -2.21. The number of nitrogens with one attached hydrogen (secondary N) is 1. The first-order chi connectivity index (χ1) is 14.5. The highest BCUT2D eigenvalue weighted by molar-refractivity contribution is 7.13. The maximum absolute atomic E-state index is 12.3. The summed E-state index contributed by atoms with van der Waals surface area (Å²) in [6, 6.07) is 8.76. The molecule has 0 saturated heterocycles. The molecule has 0 radical (unpaired) electrons. The van der Waals surface area contributed by atoms with Crippen molar-refractivity contribution in [2.24, 2.45) is 0 Å². The quantitative estimate of drug-likeness (QED) is 0.520. The third-order valence-electron chi connectivity index (χ3n) is 3.83. The molecule has 1 N–H and O–H groups in total. The van der Waals surface area contributed by atoms with Crippen molar-refractivity contribution in [3.05, 3.63) is 64.9 Å². The van der Waals surface area contributed by atoms with Gasteiger partial charge in [0.2, 0.25) is 0 Å². The van der Waals surface area contributed by atoms with Crippen LogP contribution in [0.15, 0.2) is 48.1 Å². The number of ether oxygens (including phenoxy) is 2. The van der Waals surface area contributed by atoms with Crippen molar-refractivity contribution in [3.63, 3.8) is 0 Å². The maximum Gasteiger partial charge on any atom is 0.338 e. The minimum Gasteiger partial charge on any atom is -0.466 e. The van der Waals surface area contributed by atoms with Crippen molar-refractivity contribution in [2.75, 3.05) is 18.5 Å². The van der Waals surface area contributed by atoms with Crippen LogP contribution in [0.1, 0.15) is 28.5 Å². The normalized spacial score (nSPS) is 10.4. The molecule has 3 rings (SSSR count). The average Bonchev–Trinajstić information content (AvgIpc) is 3.38. The Kier molecular flexibility index (Phi) is 7.28. The Morgan fingerprint density at radius 1 is 1.20 bits per heavy atom. The Balaban J connectivity index is 1.48. The molecule has 0 unspecified atom stereocenters. The van der Waals surface area contributed by atoms with Crippen LogP contribution in [0.3, 0.4) is 0 Å². The summed E-state index contributed by atoms with van der Waals surface area (Å²) in [6.45, 7) is 2.09. The van der Waals surface area contributed by atoms with Gasteiger partial charge >= 0.3 is 11.9 Å². The molecule has 0 spiro atoms. The summed E-state index contributed by atoms with van der Waals surface area (Å²) < 4.78 is 11.7. The predicted octanol–water partition coefficient (Wildman–Crippen LogP) is 2.29. The smallest absolute Gasteiger partial charge is 0.338 e. The second-order valence-electron chi connectivity index (χ2n) is 6.15. The molecule has 0 aliphatic rings. The predicted molar refractivity (Wildman–Crippen MR) is 109 cm³/mol. The first-order valence-electron chi connectivity index (χ1n) is 9.17. The Morgan fingerprint density at radius 3 is 2.83 bits per heavy atom. The topological polar surface area (TPSA) is 112 Å². The third-order valence-corrected chi connectivity index (χ3v) is 4.64. The fraction of sp³-hybridized carbons (Fsp3) is 0.250. The van der Waals surface area contributed by atoms with E-state index in [2.05, 4.69) is 15.4 Å². The van der Waals surface area contributed by atoms with Crippen LogP contribution in [0.5, 0.6) is 0 Å². The molecule has 3 aromatic rings. The summed E-state index contributed by atoms with van der Waals surface area (Å²) in [5, 5.41) is 8.64. The van der Waals surface area contributed by atoms with E-state index in [1.165, 1.54) is 11.3 Å². The molecule has 2 heterocycles. The number of amides is 1. The van der Waals surface area contributed by atoms with Gasteiger partial charge in [0.05, 0.1) is 30.8 Å². The standard InChI is InChI=1S/C20H20N4O5S/c1-2-28-18(26)10-16-13-30-20(22-16)23-17(25)12-29-19(27)15-6-3-5-14(9-15)11-24-8-4-7-21-24/h3-9,13H,2,10-12H2,1H3,(H,22,23,25). The van der Waals surface area contributed by atoms with Crippen molar-refractivity contribution >= 4 is 34.3 Å². The molecule has 0 atom stereocenters. The van der Waals surface area contributed by atoms with E-state index < -0.39 is 18.5 Å². The molecule has 1 amide bonds. The molecular formula is C20H20N4O5S. The fourth-order valence-electron chi connectivity index (χ4n) is 2.55. The largest absolute Gasteiger partial charge is 0.466 e. The second-order valence-corrected chi connectivity index (χ2v) is 7.01. The van der Waals surface area contributed by atoms with E-state index in [9.17, 15) is 14.4 Å². The van der Waals surface area contributed by atoms with Gasteiger partial charge in [0.25, 0.3) is 5.91 Å². The highest BCUT2D eigenvalue weighted by Gasteiger charge is 2.13. The van der Waals surface area contributed by atoms with Gasteiger partial charge < -0.3 is 9.47 Å². The second kappa shape index (κ2) is 10.3. The van der Waals surface area contributed by atoms with Gasteiger partial charge in [0, 0.05) is 17.8 Å². The van der Waals surface area contributed by atoms with Gasteiger partial charge in [-0.1, -0.05) is 12.1 Å². The first-order valence-corrected chi connectivity index (χ1v) is 10.0. The van der Waals surface area contributed by atoms with Gasteiger partial charge in [-0.2, -0.15) is 5.10 Å². The Hall–Kier alpha value is -3.53. The summed E-state index contributed by atoms with van der Waals surface area (Å²) in [4.78, 5) is 39.9. The van der Waals surface area contributed by atoms with Crippen LogP contribution in [0.4, 0.5) is 5.13 Å². The van der Waals surface area contributed by atoms with E-state index in [1.807, 2.05) is 18.3 Å². The molecule has 9 nitrogen and oxygen atoms in total. The molecule has 156 valence electrons. The molecule has 0 saturated carbocycles. The maximum atomic E-state index is 12.3. The van der Waals surface area contributed by atoms with Crippen molar-refractivity contribution in [1.82, 2.24) is 14.8 Å². The summed E-state index contributed by atoms with van der Waals surface area (Å²) in [5.74, 6) is -1.51. The number of aromatic nitrogens is 3. The Bertz CT molecular complexity index is 1020. The van der Waals surface area contributed by atoms with Crippen LogP contribution in [0.25, 0.3) is 0 Å². The number of carbonyl (C=O) groups excluding carboxylic acids is 3. The summed E-state index contributed by atoms with van der Waals surface area (Å²) in [7, 11) is 0. The number of benzene rings is 1. The van der Waals surface area contributed by atoms with Gasteiger partial charge in [-0.25, -0.2) is 9.78 Å². The van der Waals surface area contributed by atoms with Crippen LogP contribution in [0, 0.1) is 0 Å². The number of hydrogen-bond donors (Lipinski definition) is 1. The number of thiazole rings is 1. The highest BCUT2D eigenvalue weighted by Crippen LogP contribution is 2.16. The van der Waals surface area contributed by atoms with Crippen molar-refractivity contribution in [1.29, 1.82) is 0 Å². The zero-order valence-corrected chi connectivity index (χ0v) is 17.1. The summed E-state index contributed by atoms with van der Waals surface area (Å²) >= 11 is 1.17. The molecule has 0 bridgehead atoms. The van der Waals surface area contributed by atoms with Crippen LogP contribution in [0.2, 0.25) is 0 Å². The minimum atomic E-state index is -0.602. The lowest BCUT2D eigenvalue weighted by molar-refractivity contribution is -0.142. The van der Waals surface area contributed by atoms with Crippen molar-refractivity contribution in [3.8, 4) is 0 Å². The highest BCUT2D eigenvalue weighted by atomic mass is 32.1. The molecular weight excluding hydrogens is 408 g/mol. The average molecular weight is 428 g/mol. The van der Waals surface area contributed by atoms with Crippen LogP contribution >= 0.6 is 11.3 Å². The number of rotatable bonds is 9. The lowest BCUT2D eigenvalue weighted by Gasteiger charge is -2.07. The molecule has 0 fully saturated rings. The van der Waals surface area contributed by atoms with Crippen LogP contribution in [-0.2, 0) is 32.0 Å². The van der Waals surface area contributed by atoms with Crippen LogP contribution < -0.4 is 5.32 Å². The number of carbonyl (C=O) groups is 3. The van der Waals surface area contributed by atoms with Gasteiger partial charge in [0.15, 0.2) is 11.7 Å². The molecule has 2 aromatic heterocycles. The van der Waals surface area contributed by atoms with Gasteiger partial charge in [-0.3, -0.25) is 19.6 Å². The van der Waals surface area contributed by atoms with E-state index in [-0.39, 0.29) is 12.4 Å². The Morgan fingerprint density at radius 2 is 2.07 bits per heavy atom. The SMILES string of the molecule is CCOC(=O)Cc1csc(NC(=O)COC(=O)c2cccc(Cn3cccn3)c2)n1. The van der Waals surface area contributed by atoms with Crippen molar-refractivity contribution in [2.45, 2.75) is 19.9 Å². The van der Waals surface area contributed by atoms with Gasteiger partial charge in [0.1, 0.15) is 0 Å². The van der Waals surface area contributed by atoms with Gasteiger partial charge in [-0.15, -0.1) is 11.3 Å². The van der Waals surface area contributed by atoms with E-state index >= 15 is 0 Å². The van der Waals surface area contributed by atoms with E-state index in [0.29, 0.717) is 29.5 Å². The number of nitrogens with zero attached hydrogens (tertiary/aromatic N) is 3. The van der Waals surface area contributed by atoms with E-state index in [0.717, 1.165) is 5.56 Å². The number of anilines is 1. The fourth-order valence-corrected chi connectivity index (χ4v) is 3.28.